The zero-order valence-corrected chi connectivity index (χ0v) is 9.12. The van der Waals surface area contributed by atoms with Crippen LogP contribution in [0.25, 0.3) is 5.57 Å². The molecular weight excluding hydrogens is 170 g/mol. The van der Waals surface area contributed by atoms with E-state index in [-0.39, 0.29) is 0 Å². The maximum atomic E-state index is 4.32. The Kier molecular flexibility index (Phi) is 3.63. The molecule has 1 nitrogen and oxygen atoms in total. The normalized spacial score (nSPS) is 12.6. The van der Waals surface area contributed by atoms with E-state index >= 15 is 0 Å². The zero-order valence-electron chi connectivity index (χ0n) is 9.12. The molecule has 1 aromatic heterocycles. The number of nitrogens with zero attached hydrogens (tertiary/aromatic N) is 1. The zero-order chi connectivity index (χ0) is 10.6. The molecule has 0 spiro atoms. The Labute approximate surface area is 86.2 Å². The van der Waals surface area contributed by atoms with Gasteiger partial charge in [0.15, 0.2) is 0 Å². The van der Waals surface area contributed by atoms with E-state index in [1.54, 1.807) is 0 Å². The summed E-state index contributed by atoms with van der Waals surface area (Å²) in [5.74, 6) is 0.532. The number of allylic oxidation sites excluding steroid dienone is 3. The Morgan fingerprint density at radius 3 is 2.57 bits per heavy atom. The Hall–Kier alpha value is -1.37. The van der Waals surface area contributed by atoms with E-state index in [1.807, 2.05) is 30.5 Å². The Morgan fingerprint density at radius 2 is 2.14 bits per heavy atom. The second kappa shape index (κ2) is 4.75. The largest absolute Gasteiger partial charge is 0.256 e. The van der Waals surface area contributed by atoms with Crippen molar-refractivity contribution in [3.63, 3.8) is 0 Å². The van der Waals surface area contributed by atoms with Gasteiger partial charge in [0.2, 0.25) is 0 Å². The van der Waals surface area contributed by atoms with Crippen LogP contribution < -0.4 is 0 Å². The van der Waals surface area contributed by atoms with E-state index in [9.17, 15) is 0 Å². The van der Waals surface area contributed by atoms with Crippen LogP contribution in [0.3, 0.4) is 0 Å². The molecule has 0 radical (unpaired) electrons. The first-order valence-electron chi connectivity index (χ1n) is 4.91. The minimum atomic E-state index is 0.532. The van der Waals surface area contributed by atoms with Crippen molar-refractivity contribution in [3.05, 3.63) is 48.3 Å². The first-order chi connectivity index (χ1) is 6.66. The molecule has 0 aliphatic heterocycles. The molecule has 0 saturated carbocycles. The van der Waals surface area contributed by atoms with Crippen molar-refractivity contribution in [2.24, 2.45) is 5.92 Å². The molecule has 0 amide bonds. The maximum absolute atomic E-state index is 4.32. The standard InChI is InChI=1S/C13H17N/c1-5-12(11(4)10(2)3)13-8-6-7-9-14-13/h5-10H,1H2,2-4H3/b12-11+. The van der Waals surface area contributed by atoms with Crippen LogP contribution in [0.2, 0.25) is 0 Å². The molecule has 0 unspecified atom stereocenters. The first kappa shape index (κ1) is 10.7. The maximum Gasteiger partial charge on any atom is 0.0701 e. The van der Waals surface area contributed by atoms with Gasteiger partial charge in [-0.05, 0) is 30.5 Å². The summed E-state index contributed by atoms with van der Waals surface area (Å²) < 4.78 is 0. The minimum absolute atomic E-state index is 0.532. The van der Waals surface area contributed by atoms with E-state index in [4.69, 9.17) is 0 Å². The van der Waals surface area contributed by atoms with E-state index < -0.39 is 0 Å². The molecule has 0 saturated heterocycles. The monoisotopic (exact) mass is 187 g/mol. The summed E-state index contributed by atoms with van der Waals surface area (Å²) in [5.41, 5.74) is 3.49. The second-order valence-corrected chi connectivity index (χ2v) is 3.67. The Bertz CT molecular complexity index is 334. The molecular formula is C13H17N. The van der Waals surface area contributed by atoms with Crippen molar-refractivity contribution in [1.29, 1.82) is 0 Å². The summed E-state index contributed by atoms with van der Waals surface area (Å²) in [6.07, 6.45) is 3.70. The van der Waals surface area contributed by atoms with Gasteiger partial charge in [-0.15, -0.1) is 0 Å². The third kappa shape index (κ3) is 2.32. The molecule has 0 fully saturated rings. The molecule has 0 N–H and O–H groups in total. The Balaban J connectivity index is 3.17. The number of hydrogen-bond acceptors (Lipinski definition) is 1. The number of pyridine rings is 1. The van der Waals surface area contributed by atoms with Crippen molar-refractivity contribution < 1.29 is 0 Å². The van der Waals surface area contributed by atoms with Gasteiger partial charge in [0.1, 0.15) is 0 Å². The topological polar surface area (TPSA) is 12.9 Å². The van der Waals surface area contributed by atoms with Crippen LogP contribution in [-0.4, -0.2) is 4.98 Å². The average molecular weight is 187 g/mol. The third-order valence-corrected chi connectivity index (χ3v) is 2.44. The van der Waals surface area contributed by atoms with Gasteiger partial charge >= 0.3 is 0 Å². The van der Waals surface area contributed by atoms with Crippen LogP contribution >= 0.6 is 0 Å². The SMILES string of the molecule is C=C/C(=C(/C)C(C)C)c1ccccn1. The molecule has 1 aromatic rings. The fourth-order valence-corrected chi connectivity index (χ4v) is 1.30. The van der Waals surface area contributed by atoms with Gasteiger partial charge in [-0.2, -0.15) is 0 Å². The highest BCUT2D eigenvalue weighted by Crippen LogP contribution is 2.22. The van der Waals surface area contributed by atoms with Crippen LogP contribution in [-0.2, 0) is 0 Å². The lowest BCUT2D eigenvalue weighted by atomic mass is 9.96. The fraction of sp³-hybridized carbons (Fsp3) is 0.308. The predicted octanol–water partition coefficient (Wildman–Crippen LogP) is 3.70. The summed E-state index contributed by atoms with van der Waals surface area (Å²) >= 11 is 0. The molecule has 0 atom stereocenters. The van der Waals surface area contributed by atoms with E-state index in [1.165, 1.54) is 5.57 Å². The van der Waals surface area contributed by atoms with Gasteiger partial charge < -0.3 is 0 Å². The summed E-state index contributed by atoms with van der Waals surface area (Å²) in [7, 11) is 0. The van der Waals surface area contributed by atoms with Gasteiger partial charge in [0.05, 0.1) is 5.69 Å². The molecule has 74 valence electrons. The van der Waals surface area contributed by atoms with Crippen LogP contribution in [0.4, 0.5) is 0 Å². The quantitative estimate of drug-likeness (QED) is 0.657. The van der Waals surface area contributed by atoms with Crippen molar-refractivity contribution in [2.45, 2.75) is 20.8 Å². The average Bonchev–Trinajstić information content (AvgIpc) is 2.20. The van der Waals surface area contributed by atoms with Gasteiger partial charge in [-0.3, -0.25) is 4.98 Å². The van der Waals surface area contributed by atoms with Gasteiger partial charge in [-0.1, -0.05) is 38.1 Å². The molecule has 1 heterocycles. The van der Waals surface area contributed by atoms with E-state index in [2.05, 4.69) is 32.3 Å². The molecule has 14 heavy (non-hydrogen) atoms. The molecule has 1 heteroatoms. The summed E-state index contributed by atoms with van der Waals surface area (Å²) in [6.45, 7) is 10.3. The minimum Gasteiger partial charge on any atom is -0.256 e. The highest BCUT2D eigenvalue weighted by Gasteiger charge is 2.05. The van der Waals surface area contributed by atoms with Gasteiger partial charge in [0, 0.05) is 6.20 Å². The number of rotatable bonds is 3. The second-order valence-electron chi connectivity index (χ2n) is 3.67. The summed E-state index contributed by atoms with van der Waals surface area (Å²) in [4.78, 5) is 4.32. The smallest absolute Gasteiger partial charge is 0.0701 e. The van der Waals surface area contributed by atoms with Crippen LogP contribution in [0.15, 0.2) is 42.6 Å². The van der Waals surface area contributed by atoms with Gasteiger partial charge in [-0.25, -0.2) is 0 Å². The summed E-state index contributed by atoms with van der Waals surface area (Å²) in [6, 6.07) is 5.94. The van der Waals surface area contributed by atoms with Crippen LogP contribution in [0, 0.1) is 5.92 Å². The fourth-order valence-electron chi connectivity index (χ4n) is 1.30. The number of aromatic nitrogens is 1. The lowest BCUT2D eigenvalue weighted by Gasteiger charge is -2.10. The van der Waals surface area contributed by atoms with Crippen LogP contribution in [0.1, 0.15) is 26.5 Å². The molecule has 0 aliphatic carbocycles. The van der Waals surface area contributed by atoms with Crippen molar-refractivity contribution in [1.82, 2.24) is 4.98 Å². The molecule has 1 rings (SSSR count). The molecule has 0 aliphatic rings. The lowest BCUT2D eigenvalue weighted by Crippen LogP contribution is -1.95. The number of hydrogen-bond donors (Lipinski definition) is 0. The van der Waals surface area contributed by atoms with Crippen molar-refractivity contribution in [3.8, 4) is 0 Å². The predicted molar refractivity (Wildman–Crippen MR) is 61.9 cm³/mol. The highest BCUT2D eigenvalue weighted by atomic mass is 14.7. The highest BCUT2D eigenvalue weighted by molar-refractivity contribution is 5.73. The molecule has 0 aromatic carbocycles. The first-order valence-corrected chi connectivity index (χ1v) is 4.91. The summed E-state index contributed by atoms with van der Waals surface area (Å²) in [5, 5.41) is 0. The third-order valence-electron chi connectivity index (χ3n) is 2.44. The molecule has 0 bridgehead atoms. The van der Waals surface area contributed by atoms with E-state index in [0.717, 1.165) is 11.3 Å². The van der Waals surface area contributed by atoms with Gasteiger partial charge in [0.25, 0.3) is 0 Å². The van der Waals surface area contributed by atoms with Crippen molar-refractivity contribution >= 4 is 5.57 Å². The van der Waals surface area contributed by atoms with Crippen molar-refractivity contribution in [2.75, 3.05) is 0 Å². The lowest BCUT2D eigenvalue weighted by molar-refractivity contribution is 0.772. The van der Waals surface area contributed by atoms with E-state index in [0.29, 0.717) is 5.92 Å². The van der Waals surface area contributed by atoms with Crippen LogP contribution in [0.5, 0.6) is 0 Å². The Morgan fingerprint density at radius 1 is 1.43 bits per heavy atom.